The lowest BCUT2D eigenvalue weighted by Crippen LogP contribution is -2.17. The van der Waals surface area contributed by atoms with Gasteiger partial charge in [-0.2, -0.15) is 0 Å². The Hall–Kier alpha value is -2.04. The number of hydrogen-bond donors (Lipinski definition) is 0. The van der Waals surface area contributed by atoms with Crippen molar-refractivity contribution in [1.29, 1.82) is 0 Å². The molecule has 2 aromatic rings. The van der Waals surface area contributed by atoms with Gasteiger partial charge in [-0.3, -0.25) is 0 Å². The fourth-order valence-electron chi connectivity index (χ4n) is 2.24. The Morgan fingerprint density at radius 1 is 0.773 bits per heavy atom. The number of rotatable bonds is 6. The average molecular weight is 300 g/mol. The molecule has 4 heteroatoms. The van der Waals surface area contributed by atoms with E-state index in [0.717, 1.165) is 36.7 Å². The van der Waals surface area contributed by atoms with Crippen molar-refractivity contribution in [2.45, 2.75) is 12.7 Å². The Kier molecular flexibility index (Phi) is 5.29. The highest BCUT2D eigenvalue weighted by Gasteiger charge is 2.16. The minimum Gasteiger partial charge on any atom is -0.490 e. The first kappa shape index (κ1) is 14.9. The minimum absolute atomic E-state index is 0.246. The van der Waals surface area contributed by atoms with Gasteiger partial charge in [0.15, 0.2) is 6.29 Å². The maximum absolute atomic E-state index is 5.66. The molecule has 0 amide bonds. The van der Waals surface area contributed by atoms with Crippen molar-refractivity contribution in [3.8, 4) is 11.5 Å². The topological polar surface area (TPSA) is 36.9 Å². The van der Waals surface area contributed by atoms with Crippen LogP contribution in [0, 0.1) is 0 Å². The van der Waals surface area contributed by atoms with Gasteiger partial charge in [-0.1, -0.05) is 30.3 Å². The van der Waals surface area contributed by atoms with Crippen LogP contribution >= 0.6 is 0 Å². The molecular formula is C18H20O4. The van der Waals surface area contributed by atoms with E-state index in [1.807, 2.05) is 54.6 Å². The monoisotopic (exact) mass is 300 g/mol. The van der Waals surface area contributed by atoms with Gasteiger partial charge in [0.1, 0.15) is 24.7 Å². The molecule has 1 fully saturated rings. The zero-order valence-electron chi connectivity index (χ0n) is 12.4. The van der Waals surface area contributed by atoms with E-state index in [1.165, 1.54) is 0 Å². The Morgan fingerprint density at radius 3 is 2.00 bits per heavy atom. The zero-order valence-corrected chi connectivity index (χ0v) is 12.4. The second-order valence-corrected chi connectivity index (χ2v) is 5.01. The molecule has 116 valence electrons. The highest BCUT2D eigenvalue weighted by molar-refractivity contribution is 5.28. The van der Waals surface area contributed by atoms with E-state index in [1.54, 1.807) is 0 Å². The molecule has 0 atom stereocenters. The second kappa shape index (κ2) is 7.82. The lowest BCUT2D eigenvalue weighted by atomic mass is 10.2. The first-order chi connectivity index (χ1) is 10.9. The summed E-state index contributed by atoms with van der Waals surface area (Å²) in [6, 6.07) is 17.5. The maximum Gasteiger partial charge on any atom is 0.183 e. The Bertz CT molecular complexity index is 547. The molecule has 4 nitrogen and oxygen atoms in total. The van der Waals surface area contributed by atoms with Crippen molar-refractivity contribution in [1.82, 2.24) is 0 Å². The van der Waals surface area contributed by atoms with E-state index in [9.17, 15) is 0 Å². The third kappa shape index (κ3) is 4.23. The molecule has 0 spiro atoms. The van der Waals surface area contributed by atoms with Gasteiger partial charge < -0.3 is 18.9 Å². The summed E-state index contributed by atoms with van der Waals surface area (Å²) in [4.78, 5) is 0. The van der Waals surface area contributed by atoms with Crippen LogP contribution in [0.3, 0.4) is 0 Å². The maximum atomic E-state index is 5.66. The fourth-order valence-corrected chi connectivity index (χ4v) is 2.24. The molecule has 1 aliphatic heterocycles. The number of ether oxygens (including phenoxy) is 4. The van der Waals surface area contributed by atoms with Crippen LogP contribution in [-0.4, -0.2) is 26.4 Å². The Balaban J connectivity index is 1.43. The second-order valence-electron chi connectivity index (χ2n) is 5.01. The molecule has 0 aromatic heterocycles. The number of para-hydroxylation sites is 1. The zero-order chi connectivity index (χ0) is 15.0. The summed E-state index contributed by atoms with van der Waals surface area (Å²) >= 11 is 0. The third-order valence-corrected chi connectivity index (χ3v) is 3.34. The lowest BCUT2D eigenvalue weighted by molar-refractivity contribution is -0.183. The number of hydrogen-bond acceptors (Lipinski definition) is 4. The van der Waals surface area contributed by atoms with Gasteiger partial charge >= 0.3 is 0 Å². The summed E-state index contributed by atoms with van der Waals surface area (Å²) in [5, 5.41) is 0. The molecule has 0 unspecified atom stereocenters. The summed E-state index contributed by atoms with van der Waals surface area (Å²) in [6.07, 6.45) is 0.711. The molecule has 0 bridgehead atoms. The molecule has 0 aliphatic carbocycles. The van der Waals surface area contributed by atoms with Crippen LogP contribution in [0.5, 0.6) is 11.5 Å². The molecule has 1 aliphatic rings. The van der Waals surface area contributed by atoms with Crippen molar-refractivity contribution in [2.75, 3.05) is 26.4 Å². The molecule has 0 N–H and O–H groups in total. The lowest BCUT2D eigenvalue weighted by Gasteiger charge is -2.23. The summed E-state index contributed by atoms with van der Waals surface area (Å²) in [7, 11) is 0. The quantitative estimate of drug-likeness (QED) is 0.764. The van der Waals surface area contributed by atoms with Crippen LogP contribution in [0.15, 0.2) is 54.6 Å². The van der Waals surface area contributed by atoms with Crippen LogP contribution in [0.25, 0.3) is 0 Å². The molecule has 22 heavy (non-hydrogen) atoms. The highest BCUT2D eigenvalue weighted by Crippen LogP contribution is 2.24. The predicted molar refractivity (Wildman–Crippen MR) is 83.1 cm³/mol. The highest BCUT2D eigenvalue weighted by atomic mass is 16.7. The first-order valence-corrected chi connectivity index (χ1v) is 7.56. The number of benzene rings is 2. The molecule has 0 radical (unpaired) electrons. The fraction of sp³-hybridized carbons (Fsp3) is 0.333. The summed E-state index contributed by atoms with van der Waals surface area (Å²) < 4.78 is 22.4. The largest absolute Gasteiger partial charge is 0.490 e. The molecule has 1 saturated heterocycles. The average Bonchev–Trinajstić information content (AvgIpc) is 2.61. The van der Waals surface area contributed by atoms with Crippen LogP contribution in [0.1, 0.15) is 18.3 Å². The minimum atomic E-state index is -0.246. The molecule has 2 aromatic carbocycles. The molecule has 3 rings (SSSR count). The Labute approximate surface area is 130 Å². The van der Waals surface area contributed by atoms with Crippen molar-refractivity contribution >= 4 is 0 Å². The molecular weight excluding hydrogens is 280 g/mol. The third-order valence-electron chi connectivity index (χ3n) is 3.34. The summed E-state index contributed by atoms with van der Waals surface area (Å²) in [5.41, 5.74) is 1.02. The Morgan fingerprint density at radius 2 is 1.36 bits per heavy atom. The molecule has 1 heterocycles. The van der Waals surface area contributed by atoms with E-state index in [2.05, 4.69) is 0 Å². The summed E-state index contributed by atoms with van der Waals surface area (Å²) in [6.45, 7) is 2.52. The van der Waals surface area contributed by atoms with E-state index in [0.29, 0.717) is 13.2 Å². The SMILES string of the molecule is c1ccc(OCCOc2ccc(C3OCCCO3)cc2)cc1. The standard InChI is InChI=1S/C18H20O4/c1-2-5-16(6-3-1)19-13-14-20-17-9-7-15(8-10-17)18-21-11-4-12-22-18/h1-3,5-10,18H,4,11-14H2. The van der Waals surface area contributed by atoms with Crippen LogP contribution in [0.4, 0.5) is 0 Å². The van der Waals surface area contributed by atoms with Gasteiger partial charge in [-0.05, 0) is 30.7 Å². The summed E-state index contributed by atoms with van der Waals surface area (Å²) in [5.74, 6) is 1.67. The van der Waals surface area contributed by atoms with E-state index in [-0.39, 0.29) is 6.29 Å². The van der Waals surface area contributed by atoms with Gasteiger partial charge in [0.25, 0.3) is 0 Å². The van der Waals surface area contributed by atoms with Gasteiger partial charge in [0.05, 0.1) is 13.2 Å². The van der Waals surface area contributed by atoms with Crippen molar-refractivity contribution in [3.05, 3.63) is 60.2 Å². The van der Waals surface area contributed by atoms with Gasteiger partial charge in [-0.25, -0.2) is 0 Å². The van der Waals surface area contributed by atoms with Crippen molar-refractivity contribution < 1.29 is 18.9 Å². The predicted octanol–water partition coefficient (Wildman–Crippen LogP) is 3.58. The van der Waals surface area contributed by atoms with Crippen molar-refractivity contribution in [2.24, 2.45) is 0 Å². The molecule has 0 saturated carbocycles. The van der Waals surface area contributed by atoms with Crippen LogP contribution < -0.4 is 9.47 Å². The first-order valence-electron chi connectivity index (χ1n) is 7.56. The van der Waals surface area contributed by atoms with E-state index >= 15 is 0 Å². The van der Waals surface area contributed by atoms with E-state index < -0.39 is 0 Å². The van der Waals surface area contributed by atoms with Gasteiger partial charge in [0.2, 0.25) is 0 Å². The smallest absolute Gasteiger partial charge is 0.183 e. The van der Waals surface area contributed by atoms with Crippen LogP contribution in [-0.2, 0) is 9.47 Å². The van der Waals surface area contributed by atoms with Crippen molar-refractivity contribution in [3.63, 3.8) is 0 Å². The van der Waals surface area contributed by atoms with Crippen LogP contribution in [0.2, 0.25) is 0 Å². The van der Waals surface area contributed by atoms with Gasteiger partial charge in [0, 0.05) is 5.56 Å². The van der Waals surface area contributed by atoms with Gasteiger partial charge in [-0.15, -0.1) is 0 Å². The van der Waals surface area contributed by atoms with E-state index in [4.69, 9.17) is 18.9 Å². The normalized spacial score (nSPS) is 15.5.